The van der Waals surface area contributed by atoms with E-state index >= 15 is 0 Å². The van der Waals surface area contributed by atoms with E-state index in [1.54, 1.807) is 31.2 Å². The molecular formula is C16H18N2O7S. The molecule has 0 radical (unpaired) electrons. The smallest absolute Gasteiger partial charge is 0.341 e. The van der Waals surface area contributed by atoms with Crippen molar-refractivity contribution in [1.29, 1.82) is 0 Å². The fraction of sp³-hybridized carbons (Fsp3) is 0.250. The lowest BCUT2D eigenvalue weighted by Gasteiger charge is -2.14. The van der Waals surface area contributed by atoms with Crippen molar-refractivity contribution in [2.24, 2.45) is 0 Å². The largest absolute Gasteiger partial charge is 0.482 e. The zero-order valence-electron chi connectivity index (χ0n) is 14.1. The molecule has 1 unspecified atom stereocenters. The van der Waals surface area contributed by atoms with Crippen molar-refractivity contribution in [3.63, 3.8) is 0 Å². The summed E-state index contributed by atoms with van der Waals surface area (Å²) in [5.74, 6) is -1.39. The molecule has 1 amide bonds. The Labute approximate surface area is 150 Å². The minimum Gasteiger partial charge on any atom is -0.482 e. The van der Waals surface area contributed by atoms with Gasteiger partial charge >= 0.3 is 5.97 Å². The van der Waals surface area contributed by atoms with Crippen molar-refractivity contribution in [2.45, 2.75) is 18.1 Å². The zero-order chi connectivity index (χ0) is 19.3. The number of hydrogen-bond acceptors (Lipinski definition) is 6. The molecule has 3 N–H and O–H groups in total. The second-order valence-corrected chi connectivity index (χ2v) is 7.09. The molecule has 0 fully saturated rings. The van der Waals surface area contributed by atoms with Crippen molar-refractivity contribution in [3.8, 4) is 5.75 Å². The summed E-state index contributed by atoms with van der Waals surface area (Å²) in [6.45, 7) is 1.29. The van der Waals surface area contributed by atoms with Gasteiger partial charge in [0, 0.05) is 0 Å². The van der Waals surface area contributed by atoms with E-state index in [-0.39, 0.29) is 10.9 Å². The van der Waals surface area contributed by atoms with Gasteiger partial charge in [0.05, 0.1) is 6.04 Å². The molecule has 9 nitrogen and oxygen atoms in total. The number of carboxylic acid groups (broad SMARTS) is 1. The highest BCUT2D eigenvalue weighted by Gasteiger charge is 2.20. The summed E-state index contributed by atoms with van der Waals surface area (Å²) in [4.78, 5) is 22.7. The molecule has 0 saturated heterocycles. The van der Waals surface area contributed by atoms with Crippen molar-refractivity contribution in [3.05, 3.63) is 47.7 Å². The molecule has 0 spiro atoms. The normalized spacial score (nSPS) is 12.4. The number of furan rings is 1. The summed E-state index contributed by atoms with van der Waals surface area (Å²) in [5, 5.41) is 10.9. The average Bonchev–Trinajstić information content (AvgIpc) is 3.11. The Morgan fingerprint density at radius 3 is 2.42 bits per heavy atom. The van der Waals surface area contributed by atoms with Crippen molar-refractivity contribution < 1.29 is 32.3 Å². The van der Waals surface area contributed by atoms with Crippen molar-refractivity contribution >= 4 is 21.9 Å². The molecule has 1 atom stereocenters. The van der Waals surface area contributed by atoms with E-state index in [1.165, 1.54) is 19.2 Å². The number of carboxylic acids is 1. The minimum atomic E-state index is -3.76. The second kappa shape index (κ2) is 8.02. The Kier molecular flexibility index (Phi) is 6.01. The number of amides is 1. The van der Waals surface area contributed by atoms with Gasteiger partial charge in [0.15, 0.2) is 12.4 Å². The van der Waals surface area contributed by atoms with Crippen LogP contribution in [0, 0.1) is 0 Å². The standard InChI is InChI=1S/C16H18N2O7S/c1-10(11-3-5-12(6-4-11)24-9-14(19)20)18-16(21)13-7-8-15(25-13)26(22,23)17-2/h3-8,10,17H,9H2,1-2H3,(H,18,21)(H,19,20). The van der Waals surface area contributed by atoms with Crippen LogP contribution in [0.4, 0.5) is 0 Å². The molecule has 2 aromatic rings. The minimum absolute atomic E-state index is 0.132. The topological polar surface area (TPSA) is 135 Å². The first-order chi connectivity index (χ1) is 12.2. The molecule has 2 rings (SSSR count). The van der Waals surface area contributed by atoms with Gasteiger partial charge in [-0.1, -0.05) is 12.1 Å². The summed E-state index contributed by atoms with van der Waals surface area (Å²) in [6.07, 6.45) is 0. The Morgan fingerprint density at radius 1 is 1.19 bits per heavy atom. The van der Waals surface area contributed by atoms with Gasteiger partial charge in [0.2, 0.25) is 5.09 Å². The van der Waals surface area contributed by atoms with Crippen molar-refractivity contribution in [1.82, 2.24) is 10.0 Å². The molecule has 1 aromatic heterocycles. The molecule has 26 heavy (non-hydrogen) atoms. The highest BCUT2D eigenvalue weighted by Crippen LogP contribution is 2.19. The first-order valence-corrected chi connectivity index (χ1v) is 9.00. The lowest BCUT2D eigenvalue weighted by molar-refractivity contribution is -0.139. The van der Waals surface area contributed by atoms with E-state index < -0.39 is 34.5 Å². The maximum Gasteiger partial charge on any atom is 0.341 e. The predicted molar refractivity (Wildman–Crippen MR) is 90.4 cm³/mol. The first-order valence-electron chi connectivity index (χ1n) is 7.51. The Balaban J connectivity index is 2.01. The first kappa shape index (κ1) is 19.5. The number of benzene rings is 1. The summed E-state index contributed by atoms with van der Waals surface area (Å²) in [6, 6.07) is 8.61. The number of ether oxygens (including phenoxy) is 1. The number of rotatable bonds is 8. The van der Waals surface area contributed by atoms with Crippen LogP contribution in [0.15, 0.2) is 45.9 Å². The maximum absolute atomic E-state index is 12.2. The second-order valence-electron chi connectivity index (χ2n) is 5.27. The quantitative estimate of drug-likeness (QED) is 0.623. The predicted octanol–water partition coefficient (Wildman–Crippen LogP) is 1.14. The number of carbonyl (C=O) groups excluding carboxylic acids is 1. The monoisotopic (exact) mass is 382 g/mol. The zero-order valence-corrected chi connectivity index (χ0v) is 14.9. The lowest BCUT2D eigenvalue weighted by Crippen LogP contribution is -2.26. The molecule has 0 saturated carbocycles. The fourth-order valence-corrected chi connectivity index (χ4v) is 2.68. The van der Waals surface area contributed by atoms with E-state index in [4.69, 9.17) is 14.3 Å². The fourth-order valence-electron chi connectivity index (χ4n) is 2.04. The van der Waals surface area contributed by atoms with Crippen LogP contribution in [0.3, 0.4) is 0 Å². The molecule has 0 aliphatic rings. The van der Waals surface area contributed by atoms with Gasteiger partial charge in [-0.15, -0.1) is 0 Å². The number of aliphatic carboxylic acids is 1. The van der Waals surface area contributed by atoms with E-state index in [9.17, 15) is 18.0 Å². The Bertz CT molecular complexity index is 888. The Morgan fingerprint density at radius 2 is 1.85 bits per heavy atom. The van der Waals surface area contributed by atoms with Crippen LogP contribution in [0.2, 0.25) is 0 Å². The third-order valence-electron chi connectivity index (χ3n) is 3.43. The number of nitrogens with one attached hydrogen (secondary N) is 2. The molecule has 0 aliphatic heterocycles. The third kappa shape index (κ3) is 4.83. The van der Waals surface area contributed by atoms with Gasteiger partial charge in [-0.05, 0) is 43.8 Å². The van der Waals surface area contributed by atoms with Crippen LogP contribution >= 0.6 is 0 Å². The van der Waals surface area contributed by atoms with E-state index in [0.29, 0.717) is 5.75 Å². The number of hydrogen-bond donors (Lipinski definition) is 3. The van der Waals surface area contributed by atoms with Gasteiger partial charge in [0.1, 0.15) is 5.75 Å². The lowest BCUT2D eigenvalue weighted by atomic mass is 10.1. The van der Waals surface area contributed by atoms with Crippen LogP contribution in [0.1, 0.15) is 29.1 Å². The van der Waals surface area contributed by atoms with Gasteiger partial charge < -0.3 is 19.6 Å². The average molecular weight is 382 g/mol. The molecule has 140 valence electrons. The van der Waals surface area contributed by atoms with Gasteiger partial charge in [0.25, 0.3) is 15.9 Å². The van der Waals surface area contributed by atoms with E-state index in [1.807, 2.05) is 0 Å². The maximum atomic E-state index is 12.2. The van der Waals surface area contributed by atoms with E-state index in [0.717, 1.165) is 5.56 Å². The molecule has 0 aliphatic carbocycles. The summed E-state index contributed by atoms with van der Waals surface area (Å²) >= 11 is 0. The molecule has 10 heteroatoms. The van der Waals surface area contributed by atoms with Crippen LogP contribution < -0.4 is 14.8 Å². The van der Waals surface area contributed by atoms with Crippen molar-refractivity contribution in [2.75, 3.05) is 13.7 Å². The molecular weight excluding hydrogens is 364 g/mol. The van der Waals surface area contributed by atoms with Gasteiger partial charge in [-0.25, -0.2) is 17.9 Å². The highest BCUT2D eigenvalue weighted by atomic mass is 32.2. The van der Waals surface area contributed by atoms with Crippen LogP contribution in [-0.2, 0) is 14.8 Å². The SMILES string of the molecule is CNS(=O)(=O)c1ccc(C(=O)NC(C)c2ccc(OCC(=O)O)cc2)o1. The third-order valence-corrected chi connectivity index (χ3v) is 4.72. The molecule has 1 aromatic carbocycles. The van der Waals surface area contributed by atoms with Gasteiger partial charge in [-0.3, -0.25) is 4.79 Å². The Hall–Kier alpha value is -2.85. The van der Waals surface area contributed by atoms with Crippen LogP contribution in [0.5, 0.6) is 5.75 Å². The summed E-state index contributed by atoms with van der Waals surface area (Å²) in [7, 11) is -2.52. The van der Waals surface area contributed by atoms with Gasteiger partial charge in [-0.2, -0.15) is 0 Å². The number of sulfonamides is 1. The van der Waals surface area contributed by atoms with E-state index in [2.05, 4.69) is 10.0 Å². The van der Waals surface area contributed by atoms with Crippen LogP contribution in [0.25, 0.3) is 0 Å². The number of carbonyl (C=O) groups is 2. The summed E-state index contributed by atoms with van der Waals surface area (Å²) < 4.78 is 35.4. The summed E-state index contributed by atoms with van der Waals surface area (Å²) in [5.41, 5.74) is 0.746. The van der Waals surface area contributed by atoms with Crippen LogP contribution in [-0.4, -0.2) is 39.1 Å². The molecule has 1 heterocycles. The highest BCUT2D eigenvalue weighted by molar-refractivity contribution is 7.89. The molecule has 0 bridgehead atoms.